The van der Waals surface area contributed by atoms with E-state index in [9.17, 15) is 0 Å². The van der Waals surface area contributed by atoms with Crippen LogP contribution in [-0.4, -0.2) is 19.9 Å². The van der Waals surface area contributed by atoms with Crippen LogP contribution >= 0.6 is 22.7 Å². The summed E-state index contributed by atoms with van der Waals surface area (Å²) < 4.78 is 9.77. The molecular weight excluding hydrogens is 521 g/mol. The van der Waals surface area contributed by atoms with Crippen LogP contribution in [0.15, 0.2) is 102 Å². The van der Waals surface area contributed by atoms with E-state index in [2.05, 4.69) is 93.8 Å². The molecule has 0 bridgehead atoms. The molecule has 9 aromatic rings. The lowest BCUT2D eigenvalue weighted by Crippen LogP contribution is -1.86. The van der Waals surface area contributed by atoms with Crippen molar-refractivity contribution < 1.29 is 4.42 Å². The van der Waals surface area contributed by atoms with Crippen molar-refractivity contribution in [1.29, 1.82) is 0 Å². The Morgan fingerprint density at radius 2 is 1.36 bits per heavy atom. The van der Waals surface area contributed by atoms with Crippen molar-refractivity contribution in [2.24, 2.45) is 0 Å². The van der Waals surface area contributed by atoms with E-state index in [-0.39, 0.29) is 0 Å². The number of rotatable bonds is 2. The van der Waals surface area contributed by atoms with Crippen LogP contribution in [0.1, 0.15) is 0 Å². The summed E-state index contributed by atoms with van der Waals surface area (Å²) in [5, 5.41) is 4.46. The highest BCUT2D eigenvalue weighted by Crippen LogP contribution is 2.42. The van der Waals surface area contributed by atoms with Gasteiger partial charge in [-0.1, -0.05) is 42.5 Å². The molecule has 0 saturated carbocycles. The second kappa shape index (κ2) is 7.89. The summed E-state index contributed by atoms with van der Waals surface area (Å²) in [5.41, 5.74) is 8.00. The summed E-state index contributed by atoms with van der Waals surface area (Å²) in [6, 6.07) is 27.6. The topological polar surface area (TPSA) is 64.7 Å². The first kappa shape index (κ1) is 21.2. The Morgan fingerprint density at radius 1 is 0.564 bits per heavy atom. The van der Waals surface area contributed by atoms with Crippen LogP contribution in [0.25, 0.3) is 85.1 Å². The van der Waals surface area contributed by atoms with Crippen molar-refractivity contribution in [1.82, 2.24) is 19.9 Å². The minimum absolute atomic E-state index is 0.862. The standard InChI is InChI=1S/C32H16N4OS2/c1-2-7-26-20(4-1)28-31(38-26)27(35-16-36-28)18-9-11-25-23(15-18)22-14-17(8-10-24(22)37-25)19-5-3-6-21-29-32(39-30(19)21)34-13-12-33-29/h1-16H. The SMILES string of the molecule is c1ccc2c(c1)sc1c(-c3ccc4oc5ccc(-c6cccc7c6sc6nccnc67)cc5c4c3)ncnc12. The molecule has 0 saturated heterocycles. The van der Waals surface area contributed by atoms with Gasteiger partial charge in [-0.05, 0) is 47.5 Å². The van der Waals surface area contributed by atoms with Gasteiger partial charge >= 0.3 is 0 Å². The zero-order chi connectivity index (χ0) is 25.5. The molecule has 0 aliphatic heterocycles. The van der Waals surface area contributed by atoms with E-state index >= 15 is 0 Å². The minimum Gasteiger partial charge on any atom is -0.456 e. The Labute approximate surface area is 229 Å². The summed E-state index contributed by atoms with van der Waals surface area (Å²) in [6.45, 7) is 0. The molecule has 4 aromatic carbocycles. The van der Waals surface area contributed by atoms with Crippen LogP contribution in [0.5, 0.6) is 0 Å². The van der Waals surface area contributed by atoms with Gasteiger partial charge in [-0.3, -0.25) is 4.98 Å². The fourth-order valence-corrected chi connectivity index (χ4v) is 7.87. The number of hydrogen-bond acceptors (Lipinski definition) is 7. The molecule has 0 N–H and O–H groups in total. The van der Waals surface area contributed by atoms with Gasteiger partial charge in [-0.2, -0.15) is 0 Å². The van der Waals surface area contributed by atoms with Crippen LogP contribution in [0.3, 0.4) is 0 Å². The number of benzene rings is 4. The quantitative estimate of drug-likeness (QED) is 0.220. The van der Waals surface area contributed by atoms with E-state index in [0.29, 0.717) is 0 Å². The van der Waals surface area contributed by atoms with Crippen molar-refractivity contribution in [3.8, 4) is 22.4 Å². The fourth-order valence-electron chi connectivity index (χ4n) is 5.56. The number of nitrogens with zero attached hydrogens (tertiary/aromatic N) is 4. The first-order valence-corrected chi connectivity index (χ1v) is 14.2. The van der Waals surface area contributed by atoms with Gasteiger partial charge in [0.15, 0.2) is 0 Å². The summed E-state index contributed by atoms with van der Waals surface area (Å²) in [6.07, 6.45) is 5.18. The van der Waals surface area contributed by atoms with E-state index in [1.54, 1.807) is 41.4 Å². The van der Waals surface area contributed by atoms with Crippen molar-refractivity contribution in [2.75, 3.05) is 0 Å². The molecule has 0 spiro atoms. The summed E-state index contributed by atoms with van der Waals surface area (Å²) >= 11 is 3.43. The maximum Gasteiger partial charge on any atom is 0.143 e. The fraction of sp³-hybridized carbons (Fsp3) is 0. The summed E-state index contributed by atoms with van der Waals surface area (Å²) in [4.78, 5) is 19.4. The van der Waals surface area contributed by atoms with E-state index in [4.69, 9.17) is 9.40 Å². The van der Waals surface area contributed by atoms with Gasteiger partial charge < -0.3 is 4.42 Å². The Morgan fingerprint density at radius 3 is 2.28 bits per heavy atom. The highest BCUT2D eigenvalue weighted by Gasteiger charge is 2.17. The number of thiophene rings is 2. The third-order valence-corrected chi connectivity index (χ3v) is 9.65. The summed E-state index contributed by atoms with van der Waals surface area (Å²) in [5.74, 6) is 0. The molecular formula is C32H16N4OS2. The molecule has 0 fully saturated rings. The molecule has 0 aliphatic rings. The maximum absolute atomic E-state index is 6.26. The Bertz CT molecular complexity index is 2250. The van der Waals surface area contributed by atoms with Gasteiger partial charge in [0.25, 0.3) is 0 Å². The van der Waals surface area contributed by atoms with Crippen molar-refractivity contribution >= 4 is 85.3 Å². The highest BCUT2D eigenvalue weighted by atomic mass is 32.1. The molecule has 39 heavy (non-hydrogen) atoms. The van der Waals surface area contributed by atoms with Crippen molar-refractivity contribution in [3.63, 3.8) is 0 Å². The monoisotopic (exact) mass is 536 g/mol. The van der Waals surface area contributed by atoms with Crippen LogP contribution in [-0.2, 0) is 0 Å². The molecule has 5 nitrogen and oxygen atoms in total. The third-order valence-electron chi connectivity index (χ3n) is 7.35. The largest absolute Gasteiger partial charge is 0.456 e. The van der Waals surface area contributed by atoms with Gasteiger partial charge in [0.05, 0.1) is 15.9 Å². The number of furan rings is 1. The van der Waals surface area contributed by atoms with E-state index in [1.165, 1.54) is 20.3 Å². The molecule has 0 atom stereocenters. The van der Waals surface area contributed by atoms with Gasteiger partial charge in [0.1, 0.15) is 27.8 Å². The van der Waals surface area contributed by atoms with Gasteiger partial charge in [0, 0.05) is 48.9 Å². The molecule has 0 unspecified atom stereocenters. The molecule has 0 radical (unpaired) electrons. The highest BCUT2D eigenvalue weighted by molar-refractivity contribution is 7.26. The van der Waals surface area contributed by atoms with Crippen LogP contribution < -0.4 is 0 Å². The third kappa shape index (κ3) is 3.05. The molecule has 5 aromatic heterocycles. The normalized spacial score (nSPS) is 12.1. The molecule has 182 valence electrons. The van der Waals surface area contributed by atoms with Crippen LogP contribution in [0.2, 0.25) is 0 Å². The first-order valence-electron chi connectivity index (χ1n) is 12.5. The van der Waals surface area contributed by atoms with Crippen molar-refractivity contribution in [2.45, 2.75) is 0 Å². The Balaban J connectivity index is 1.26. The van der Waals surface area contributed by atoms with E-state index < -0.39 is 0 Å². The Hall–Kier alpha value is -4.72. The van der Waals surface area contributed by atoms with Crippen molar-refractivity contribution in [3.05, 3.63) is 97.6 Å². The predicted molar refractivity (Wildman–Crippen MR) is 162 cm³/mol. The zero-order valence-electron chi connectivity index (χ0n) is 20.3. The van der Waals surface area contributed by atoms with Crippen LogP contribution in [0, 0.1) is 0 Å². The molecule has 0 aliphatic carbocycles. The lowest BCUT2D eigenvalue weighted by molar-refractivity contribution is 0.669. The second-order valence-corrected chi connectivity index (χ2v) is 11.6. The molecule has 5 heterocycles. The average Bonchev–Trinajstić information content (AvgIpc) is 3.67. The lowest BCUT2D eigenvalue weighted by atomic mass is 10.0. The summed E-state index contributed by atoms with van der Waals surface area (Å²) in [7, 11) is 0. The number of fused-ring (bicyclic) bond motifs is 9. The van der Waals surface area contributed by atoms with E-state index in [0.717, 1.165) is 64.7 Å². The maximum atomic E-state index is 6.26. The smallest absolute Gasteiger partial charge is 0.143 e. The number of hydrogen-bond donors (Lipinski definition) is 0. The minimum atomic E-state index is 0.862. The first-order chi connectivity index (χ1) is 19.3. The second-order valence-electron chi connectivity index (χ2n) is 9.52. The van der Waals surface area contributed by atoms with Crippen LogP contribution in [0.4, 0.5) is 0 Å². The zero-order valence-corrected chi connectivity index (χ0v) is 21.9. The Kier molecular flexibility index (Phi) is 4.30. The van der Waals surface area contributed by atoms with Gasteiger partial charge in [0.2, 0.25) is 0 Å². The number of aromatic nitrogens is 4. The predicted octanol–water partition coefficient (Wildman–Crippen LogP) is 9.24. The van der Waals surface area contributed by atoms with Gasteiger partial charge in [-0.15, -0.1) is 22.7 Å². The van der Waals surface area contributed by atoms with Gasteiger partial charge in [-0.25, -0.2) is 15.0 Å². The average molecular weight is 537 g/mol. The molecule has 0 amide bonds. The van der Waals surface area contributed by atoms with E-state index in [1.807, 2.05) is 0 Å². The molecule has 9 rings (SSSR count). The molecule has 7 heteroatoms. The lowest BCUT2D eigenvalue weighted by Gasteiger charge is -2.04.